The molecule has 1 aromatic heterocycles. The van der Waals surface area contributed by atoms with E-state index in [1.165, 1.54) is 0 Å². The summed E-state index contributed by atoms with van der Waals surface area (Å²) in [5, 5.41) is 0. The van der Waals surface area contributed by atoms with Crippen molar-refractivity contribution >= 4 is 24.6 Å². The Morgan fingerprint density at radius 2 is 1.68 bits per heavy atom. The van der Waals surface area contributed by atoms with Crippen LogP contribution in [0.1, 0.15) is 42.6 Å². The van der Waals surface area contributed by atoms with Crippen LogP contribution in [-0.4, -0.2) is 16.9 Å². The van der Waals surface area contributed by atoms with E-state index in [-0.39, 0.29) is 30.4 Å². The molecule has 0 saturated heterocycles. The van der Waals surface area contributed by atoms with E-state index in [2.05, 4.69) is 17.6 Å². The number of hydrogen-bond acceptors (Lipinski definition) is 6. The standard InChI is InChI=1S/C16H19NO4S/c1-8-13(21-16(19)11-5-6-11)12(14(22)9(2)17-8)7-20-15(18)10-3-4-10/h10-11,22H,3-7H2,1-2H3. The van der Waals surface area contributed by atoms with Gasteiger partial charge < -0.3 is 9.47 Å². The summed E-state index contributed by atoms with van der Waals surface area (Å²) in [6.07, 6.45) is 3.53. The molecule has 2 fully saturated rings. The molecule has 0 atom stereocenters. The van der Waals surface area contributed by atoms with E-state index in [9.17, 15) is 9.59 Å². The quantitative estimate of drug-likeness (QED) is 0.667. The number of hydrogen-bond donors (Lipinski definition) is 1. The van der Waals surface area contributed by atoms with Crippen LogP contribution in [0.25, 0.3) is 0 Å². The van der Waals surface area contributed by atoms with Gasteiger partial charge in [0.15, 0.2) is 5.75 Å². The maximum Gasteiger partial charge on any atom is 0.314 e. The maximum atomic E-state index is 11.9. The van der Waals surface area contributed by atoms with Crippen molar-refractivity contribution in [1.82, 2.24) is 4.98 Å². The number of aromatic nitrogens is 1. The fraction of sp³-hybridized carbons (Fsp3) is 0.562. The molecule has 3 rings (SSSR count). The number of thiol groups is 1. The molecule has 1 aromatic rings. The van der Waals surface area contributed by atoms with Crippen LogP contribution in [0.3, 0.4) is 0 Å². The number of pyridine rings is 1. The lowest BCUT2D eigenvalue weighted by atomic mass is 10.1. The van der Waals surface area contributed by atoms with Crippen LogP contribution < -0.4 is 4.74 Å². The van der Waals surface area contributed by atoms with Crippen LogP contribution in [0.5, 0.6) is 5.75 Å². The molecule has 2 aliphatic carbocycles. The number of nitrogens with zero attached hydrogens (tertiary/aromatic N) is 1. The summed E-state index contributed by atoms with van der Waals surface area (Å²) in [7, 11) is 0. The first kappa shape index (κ1) is 15.3. The molecule has 0 aromatic carbocycles. The molecule has 0 amide bonds. The fourth-order valence-electron chi connectivity index (χ4n) is 2.25. The number of aryl methyl sites for hydroxylation is 2. The molecule has 0 N–H and O–H groups in total. The van der Waals surface area contributed by atoms with E-state index in [0.29, 0.717) is 21.9 Å². The van der Waals surface area contributed by atoms with Crippen LogP contribution in [0.2, 0.25) is 0 Å². The minimum absolute atomic E-state index is 0.00839. The molecular formula is C16H19NO4S. The van der Waals surface area contributed by atoms with Gasteiger partial charge in [-0.2, -0.15) is 0 Å². The molecule has 0 radical (unpaired) electrons. The Morgan fingerprint density at radius 1 is 1.09 bits per heavy atom. The number of carbonyl (C=O) groups is 2. The summed E-state index contributed by atoms with van der Waals surface area (Å²) in [5.41, 5.74) is 1.96. The zero-order chi connectivity index (χ0) is 15.9. The highest BCUT2D eigenvalue weighted by Gasteiger charge is 2.34. The molecule has 2 saturated carbocycles. The topological polar surface area (TPSA) is 65.5 Å². The highest BCUT2D eigenvalue weighted by atomic mass is 32.1. The first-order chi connectivity index (χ1) is 10.5. The van der Waals surface area contributed by atoms with Gasteiger partial charge in [0.1, 0.15) is 6.61 Å². The Morgan fingerprint density at radius 3 is 2.27 bits per heavy atom. The number of esters is 2. The average Bonchev–Trinajstić information content (AvgIpc) is 3.35. The second-order valence-electron chi connectivity index (χ2n) is 6.02. The average molecular weight is 321 g/mol. The van der Waals surface area contributed by atoms with Gasteiger partial charge in [-0.05, 0) is 39.5 Å². The summed E-state index contributed by atoms with van der Waals surface area (Å²) in [5.74, 6) is -0.0255. The SMILES string of the molecule is Cc1nc(C)c(OC(=O)C2CC2)c(COC(=O)C2CC2)c1S. The van der Waals surface area contributed by atoms with Gasteiger partial charge >= 0.3 is 11.9 Å². The zero-order valence-electron chi connectivity index (χ0n) is 12.7. The molecule has 5 nitrogen and oxygen atoms in total. The minimum Gasteiger partial charge on any atom is -0.460 e. The highest BCUT2D eigenvalue weighted by Crippen LogP contribution is 2.36. The van der Waals surface area contributed by atoms with Crippen molar-refractivity contribution in [3.8, 4) is 5.75 Å². The molecule has 22 heavy (non-hydrogen) atoms. The Hall–Kier alpha value is -1.56. The van der Waals surface area contributed by atoms with Gasteiger partial charge in [0, 0.05) is 10.5 Å². The number of ether oxygens (including phenoxy) is 2. The third-order valence-corrected chi connectivity index (χ3v) is 4.54. The molecule has 0 unspecified atom stereocenters. The Labute approximate surface area is 134 Å². The van der Waals surface area contributed by atoms with Gasteiger partial charge in [0.05, 0.1) is 23.2 Å². The third kappa shape index (κ3) is 3.27. The lowest BCUT2D eigenvalue weighted by molar-refractivity contribution is -0.146. The van der Waals surface area contributed by atoms with Gasteiger partial charge in [0.2, 0.25) is 0 Å². The largest absolute Gasteiger partial charge is 0.460 e. The lowest BCUT2D eigenvalue weighted by Gasteiger charge is -2.16. The summed E-state index contributed by atoms with van der Waals surface area (Å²) in [6.45, 7) is 3.67. The lowest BCUT2D eigenvalue weighted by Crippen LogP contribution is -2.15. The molecule has 118 valence electrons. The van der Waals surface area contributed by atoms with E-state index in [1.54, 1.807) is 6.92 Å². The maximum absolute atomic E-state index is 11.9. The van der Waals surface area contributed by atoms with Crippen molar-refractivity contribution in [2.24, 2.45) is 11.8 Å². The fourth-order valence-corrected chi connectivity index (χ4v) is 2.47. The van der Waals surface area contributed by atoms with Crippen molar-refractivity contribution in [1.29, 1.82) is 0 Å². The number of rotatable bonds is 5. The van der Waals surface area contributed by atoms with E-state index in [4.69, 9.17) is 9.47 Å². The van der Waals surface area contributed by atoms with Crippen molar-refractivity contribution < 1.29 is 19.1 Å². The van der Waals surface area contributed by atoms with Gasteiger partial charge in [-0.15, -0.1) is 12.6 Å². The second kappa shape index (κ2) is 5.91. The highest BCUT2D eigenvalue weighted by molar-refractivity contribution is 7.80. The minimum atomic E-state index is -0.240. The van der Waals surface area contributed by atoms with Crippen LogP contribution in [0, 0.1) is 25.7 Å². The van der Waals surface area contributed by atoms with Crippen LogP contribution >= 0.6 is 12.6 Å². The van der Waals surface area contributed by atoms with Crippen LogP contribution in [0.4, 0.5) is 0 Å². The third-order valence-electron chi connectivity index (χ3n) is 3.95. The Bertz CT molecular complexity index is 636. The molecular weight excluding hydrogens is 302 g/mol. The van der Waals surface area contributed by atoms with E-state index < -0.39 is 0 Å². The van der Waals surface area contributed by atoms with Crippen molar-refractivity contribution in [3.05, 3.63) is 17.0 Å². The predicted octanol–water partition coefficient (Wildman–Crippen LogP) is 2.76. The molecule has 0 aliphatic heterocycles. The van der Waals surface area contributed by atoms with Gasteiger partial charge in [-0.3, -0.25) is 14.6 Å². The summed E-state index contributed by atoms with van der Waals surface area (Å²) in [4.78, 5) is 28.6. The molecule has 1 heterocycles. The summed E-state index contributed by atoms with van der Waals surface area (Å²) >= 11 is 4.44. The van der Waals surface area contributed by atoms with E-state index >= 15 is 0 Å². The van der Waals surface area contributed by atoms with Crippen molar-refractivity contribution in [2.45, 2.75) is 51.0 Å². The van der Waals surface area contributed by atoms with Gasteiger partial charge in [0.25, 0.3) is 0 Å². The second-order valence-corrected chi connectivity index (χ2v) is 6.46. The summed E-state index contributed by atoms with van der Waals surface area (Å²) < 4.78 is 10.8. The smallest absolute Gasteiger partial charge is 0.314 e. The molecule has 0 spiro atoms. The molecule has 6 heteroatoms. The van der Waals surface area contributed by atoms with E-state index in [1.807, 2.05) is 6.92 Å². The van der Waals surface area contributed by atoms with Crippen molar-refractivity contribution in [2.75, 3.05) is 0 Å². The van der Waals surface area contributed by atoms with E-state index in [0.717, 1.165) is 31.4 Å². The monoisotopic (exact) mass is 321 g/mol. The zero-order valence-corrected chi connectivity index (χ0v) is 13.6. The van der Waals surface area contributed by atoms with Gasteiger partial charge in [-0.1, -0.05) is 0 Å². The van der Waals surface area contributed by atoms with Crippen molar-refractivity contribution in [3.63, 3.8) is 0 Å². The molecule has 0 bridgehead atoms. The molecule has 2 aliphatic rings. The normalized spacial score (nSPS) is 17.2. The predicted molar refractivity (Wildman–Crippen MR) is 81.8 cm³/mol. The first-order valence-corrected chi connectivity index (χ1v) is 7.99. The summed E-state index contributed by atoms with van der Waals surface area (Å²) in [6, 6.07) is 0. The van der Waals surface area contributed by atoms with Crippen LogP contribution in [-0.2, 0) is 20.9 Å². The first-order valence-electron chi connectivity index (χ1n) is 7.54. The Balaban J connectivity index is 1.83. The van der Waals surface area contributed by atoms with Crippen LogP contribution in [0.15, 0.2) is 4.90 Å². The number of carbonyl (C=O) groups excluding carboxylic acids is 2. The Kier molecular flexibility index (Phi) is 4.12. The van der Waals surface area contributed by atoms with Gasteiger partial charge in [-0.25, -0.2) is 0 Å².